The van der Waals surface area contributed by atoms with Gasteiger partial charge in [0.1, 0.15) is 11.5 Å². The molecule has 0 fully saturated rings. The lowest BCUT2D eigenvalue weighted by Gasteiger charge is -1.99. The third-order valence-corrected chi connectivity index (χ3v) is 4.73. The van der Waals surface area contributed by atoms with Crippen LogP contribution in [0, 0.1) is 0 Å². The number of H-pyrrole nitrogens is 2. The number of nitrogens with one attached hydrogen (secondary N) is 2. The summed E-state index contributed by atoms with van der Waals surface area (Å²) >= 11 is 0. The van der Waals surface area contributed by atoms with Crippen LogP contribution in [0.1, 0.15) is 0 Å². The van der Waals surface area contributed by atoms with Gasteiger partial charge in [0.2, 0.25) is 0 Å². The van der Waals surface area contributed by atoms with Gasteiger partial charge in [-0.25, -0.2) is 0 Å². The summed E-state index contributed by atoms with van der Waals surface area (Å²) in [6.45, 7) is 0. The van der Waals surface area contributed by atoms with Gasteiger partial charge in [0, 0.05) is 43.6 Å². The number of rotatable bonds is 2. The van der Waals surface area contributed by atoms with Crippen LogP contribution in [0.3, 0.4) is 0 Å². The highest BCUT2D eigenvalue weighted by Gasteiger charge is 2.11. The Morgan fingerprint density at radius 2 is 0.958 bits per heavy atom. The fraction of sp³-hybridized carbons (Fsp3) is 0.100. The second-order valence-corrected chi connectivity index (χ2v) is 6.02. The summed E-state index contributed by atoms with van der Waals surface area (Å²) in [5.41, 5.74) is 4.46. The third kappa shape index (κ3) is 1.74. The van der Waals surface area contributed by atoms with Gasteiger partial charge in [-0.2, -0.15) is 0 Å². The van der Waals surface area contributed by atoms with E-state index in [2.05, 4.69) is 46.4 Å². The summed E-state index contributed by atoms with van der Waals surface area (Å²) < 4.78 is 10.7. The Labute approximate surface area is 138 Å². The molecule has 2 heterocycles. The van der Waals surface area contributed by atoms with Gasteiger partial charge in [0.15, 0.2) is 0 Å². The summed E-state index contributed by atoms with van der Waals surface area (Å²) in [6.07, 6.45) is 0. The molecule has 24 heavy (non-hydrogen) atoms. The lowest BCUT2D eigenvalue weighted by atomic mass is 10.1. The normalized spacial score (nSPS) is 11.8. The molecule has 2 N–H and O–H groups in total. The van der Waals surface area contributed by atoms with Gasteiger partial charge >= 0.3 is 0 Å². The van der Waals surface area contributed by atoms with Crippen LogP contribution in [0.2, 0.25) is 0 Å². The van der Waals surface area contributed by atoms with Crippen molar-refractivity contribution in [2.45, 2.75) is 0 Å². The molecule has 0 atom stereocenters. The van der Waals surface area contributed by atoms with Crippen molar-refractivity contribution in [1.82, 2.24) is 9.97 Å². The van der Waals surface area contributed by atoms with Crippen LogP contribution in [-0.2, 0) is 0 Å². The van der Waals surface area contributed by atoms with Crippen LogP contribution in [0.5, 0.6) is 11.5 Å². The second kappa shape index (κ2) is 4.68. The van der Waals surface area contributed by atoms with Gasteiger partial charge in [-0.3, -0.25) is 0 Å². The van der Waals surface area contributed by atoms with E-state index in [0.717, 1.165) is 33.6 Å². The Kier molecular flexibility index (Phi) is 2.59. The van der Waals surface area contributed by atoms with E-state index in [4.69, 9.17) is 9.47 Å². The zero-order valence-corrected chi connectivity index (χ0v) is 13.4. The first-order valence-corrected chi connectivity index (χ1v) is 7.86. The highest BCUT2D eigenvalue weighted by molar-refractivity contribution is 6.17. The van der Waals surface area contributed by atoms with E-state index in [-0.39, 0.29) is 0 Å². The number of aromatic amines is 2. The first kappa shape index (κ1) is 13.3. The summed E-state index contributed by atoms with van der Waals surface area (Å²) in [5, 5.41) is 4.72. The molecular weight excluding hydrogens is 300 g/mol. The molecule has 0 aliphatic rings. The van der Waals surface area contributed by atoms with Crippen molar-refractivity contribution < 1.29 is 9.47 Å². The fourth-order valence-electron chi connectivity index (χ4n) is 3.51. The first-order valence-electron chi connectivity index (χ1n) is 7.86. The number of aromatic nitrogens is 2. The van der Waals surface area contributed by atoms with Gasteiger partial charge < -0.3 is 19.4 Å². The Hall–Kier alpha value is -3.14. The maximum Gasteiger partial charge on any atom is 0.119 e. The number of hydrogen-bond acceptors (Lipinski definition) is 2. The van der Waals surface area contributed by atoms with Crippen molar-refractivity contribution in [2.75, 3.05) is 14.2 Å². The Bertz CT molecular complexity index is 1130. The number of hydrogen-bond donors (Lipinski definition) is 2. The third-order valence-electron chi connectivity index (χ3n) is 4.73. The molecule has 5 aromatic rings. The molecule has 0 bridgehead atoms. The summed E-state index contributed by atoms with van der Waals surface area (Å²) in [5.74, 6) is 1.73. The molecule has 0 unspecified atom stereocenters. The molecule has 5 rings (SSSR count). The standard InChI is InChI=1S/C20H16N2O2/c1-23-11-3-5-17-13(7-11)15-9-20-16(10-19(15)21-17)14-8-12(24-2)4-6-18(14)22-20/h3-10,21-22H,1-2H3. The van der Waals surface area contributed by atoms with Crippen molar-refractivity contribution in [1.29, 1.82) is 0 Å². The fourth-order valence-corrected chi connectivity index (χ4v) is 3.51. The SMILES string of the molecule is COc1ccc2[nH]c3cc4c(cc3c2c1)[nH]c1ccc(OC)cc14. The molecule has 2 aromatic heterocycles. The summed E-state index contributed by atoms with van der Waals surface area (Å²) in [4.78, 5) is 7.01. The zero-order valence-electron chi connectivity index (χ0n) is 13.4. The summed E-state index contributed by atoms with van der Waals surface area (Å²) in [7, 11) is 3.39. The van der Waals surface area contributed by atoms with E-state index in [1.165, 1.54) is 21.5 Å². The topological polar surface area (TPSA) is 50.0 Å². The van der Waals surface area contributed by atoms with Crippen molar-refractivity contribution in [3.8, 4) is 11.5 Å². The van der Waals surface area contributed by atoms with Crippen LogP contribution >= 0.6 is 0 Å². The average molecular weight is 316 g/mol. The van der Waals surface area contributed by atoms with E-state index in [9.17, 15) is 0 Å². The van der Waals surface area contributed by atoms with Crippen molar-refractivity contribution in [2.24, 2.45) is 0 Å². The van der Waals surface area contributed by atoms with Gasteiger partial charge in [-0.1, -0.05) is 0 Å². The van der Waals surface area contributed by atoms with Crippen LogP contribution in [0.25, 0.3) is 43.6 Å². The smallest absolute Gasteiger partial charge is 0.119 e. The predicted octanol–water partition coefficient (Wildman–Crippen LogP) is 4.97. The van der Waals surface area contributed by atoms with Gasteiger partial charge in [0.05, 0.1) is 14.2 Å². The zero-order chi connectivity index (χ0) is 16.3. The van der Waals surface area contributed by atoms with Crippen LogP contribution in [-0.4, -0.2) is 24.2 Å². The molecule has 0 amide bonds. The monoisotopic (exact) mass is 316 g/mol. The molecule has 0 spiro atoms. The molecular formula is C20H16N2O2. The highest BCUT2D eigenvalue weighted by Crippen LogP contribution is 2.35. The Morgan fingerprint density at radius 3 is 1.38 bits per heavy atom. The largest absolute Gasteiger partial charge is 0.497 e. The Balaban J connectivity index is 1.89. The van der Waals surface area contributed by atoms with Crippen molar-refractivity contribution in [3.05, 3.63) is 48.5 Å². The minimum absolute atomic E-state index is 0.866. The van der Waals surface area contributed by atoms with E-state index < -0.39 is 0 Å². The predicted molar refractivity (Wildman–Crippen MR) is 98.3 cm³/mol. The highest BCUT2D eigenvalue weighted by atomic mass is 16.5. The molecule has 0 aliphatic heterocycles. The maximum atomic E-state index is 5.37. The number of fused-ring (bicyclic) bond motifs is 6. The van der Waals surface area contributed by atoms with Crippen molar-refractivity contribution >= 4 is 43.6 Å². The molecule has 4 nitrogen and oxygen atoms in total. The summed E-state index contributed by atoms with van der Waals surface area (Å²) in [6, 6.07) is 16.6. The number of ether oxygens (including phenoxy) is 2. The van der Waals surface area contributed by atoms with Gasteiger partial charge in [0.25, 0.3) is 0 Å². The number of benzene rings is 3. The van der Waals surface area contributed by atoms with Gasteiger partial charge in [-0.15, -0.1) is 0 Å². The quantitative estimate of drug-likeness (QED) is 0.483. The average Bonchev–Trinajstić information content (AvgIpc) is 3.15. The maximum absolute atomic E-state index is 5.37. The lowest BCUT2D eigenvalue weighted by molar-refractivity contribution is 0.415. The van der Waals surface area contributed by atoms with Gasteiger partial charge in [-0.05, 0) is 48.5 Å². The minimum Gasteiger partial charge on any atom is -0.497 e. The molecule has 0 radical (unpaired) electrons. The van der Waals surface area contributed by atoms with Crippen molar-refractivity contribution in [3.63, 3.8) is 0 Å². The molecule has 4 heteroatoms. The lowest BCUT2D eigenvalue weighted by Crippen LogP contribution is -1.80. The number of methoxy groups -OCH3 is 2. The van der Waals surface area contributed by atoms with Crippen LogP contribution < -0.4 is 9.47 Å². The minimum atomic E-state index is 0.866. The first-order chi connectivity index (χ1) is 11.8. The van der Waals surface area contributed by atoms with E-state index in [1.54, 1.807) is 14.2 Å². The molecule has 0 aliphatic carbocycles. The molecule has 3 aromatic carbocycles. The second-order valence-electron chi connectivity index (χ2n) is 6.02. The van der Waals surface area contributed by atoms with E-state index >= 15 is 0 Å². The molecule has 118 valence electrons. The molecule has 0 saturated carbocycles. The molecule has 0 saturated heterocycles. The van der Waals surface area contributed by atoms with Crippen LogP contribution in [0.4, 0.5) is 0 Å². The van der Waals surface area contributed by atoms with E-state index in [1.807, 2.05) is 12.1 Å². The van der Waals surface area contributed by atoms with E-state index in [0.29, 0.717) is 0 Å². The Morgan fingerprint density at radius 1 is 0.542 bits per heavy atom. The van der Waals surface area contributed by atoms with Crippen LogP contribution in [0.15, 0.2) is 48.5 Å².